The molecular weight excluding hydrogens is 475 g/mol. The van der Waals surface area contributed by atoms with Crippen LogP contribution in [0.3, 0.4) is 0 Å². The van der Waals surface area contributed by atoms with Crippen LogP contribution >= 0.6 is 22.9 Å². The number of nitrogens with one attached hydrogen (secondary N) is 2. The van der Waals surface area contributed by atoms with Crippen LogP contribution in [0.15, 0.2) is 77.7 Å². The Morgan fingerprint density at radius 1 is 0.969 bits per heavy atom. The van der Waals surface area contributed by atoms with Crippen LogP contribution in [0.5, 0.6) is 0 Å². The van der Waals surface area contributed by atoms with Crippen LogP contribution in [0, 0.1) is 5.82 Å². The average Bonchev–Trinajstić information content (AvgIpc) is 3.24. The van der Waals surface area contributed by atoms with Gasteiger partial charge in [0.05, 0.1) is 5.02 Å². The molecule has 0 fully saturated rings. The number of halogens is 2. The van der Waals surface area contributed by atoms with E-state index in [1.54, 1.807) is 0 Å². The Bertz CT molecular complexity index is 1380. The lowest BCUT2D eigenvalue weighted by atomic mass is 10.2. The van der Waals surface area contributed by atoms with E-state index >= 15 is 0 Å². The normalized spacial score (nSPS) is 11.2. The number of carbonyl (C=O) groups is 1. The second kappa shape index (κ2) is 9.03. The highest BCUT2D eigenvalue weighted by Gasteiger charge is 2.21. The van der Waals surface area contributed by atoms with Gasteiger partial charge in [-0.2, -0.15) is 0 Å². The zero-order valence-corrected chi connectivity index (χ0v) is 18.5. The van der Waals surface area contributed by atoms with Crippen LogP contribution in [-0.2, 0) is 10.0 Å². The number of rotatable bonds is 6. The zero-order valence-electron chi connectivity index (χ0n) is 16.1. The van der Waals surface area contributed by atoms with Crippen molar-refractivity contribution in [1.82, 2.24) is 10.2 Å². The van der Waals surface area contributed by atoms with Crippen LogP contribution in [0.2, 0.25) is 5.02 Å². The fourth-order valence-corrected chi connectivity index (χ4v) is 5.05. The fraction of sp³-hybridized carbons (Fsp3) is 0. The van der Waals surface area contributed by atoms with E-state index in [0.717, 1.165) is 23.8 Å². The largest absolute Gasteiger partial charge is 0.296 e. The minimum atomic E-state index is -4.13. The molecule has 32 heavy (non-hydrogen) atoms. The molecule has 0 aliphatic rings. The van der Waals surface area contributed by atoms with Gasteiger partial charge in [0.15, 0.2) is 0 Å². The topological polar surface area (TPSA) is 101 Å². The Kier molecular flexibility index (Phi) is 6.17. The summed E-state index contributed by atoms with van der Waals surface area (Å²) < 4.78 is 40.9. The summed E-state index contributed by atoms with van der Waals surface area (Å²) in [5, 5.41) is 11.4. The molecule has 2 N–H and O–H groups in total. The number of hydrogen-bond donors (Lipinski definition) is 2. The maximum atomic E-state index is 13.1. The van der Waals surface area contributed by atoms with Crippen LogP contribution in [0.4, 0.5) is 15.2 Å². The lowest BCUT2D eigenvalue weighted by Crippen LogP contribution is -2.16. The highest BCUT2D eigenvalue weighted by Crippen LogP contribution is 2.28. The monoisotopic (exact) mass is 488 g/mol. The summed E-state index contributed by atoms with van der Waals surface area (Å²) in [4.78, 5) is 12.4. The Balaban J connectivity index is 1.55. The third-order valence-corrected chi connectivity index (χ3v) is 7.00. The van der Waals surface area contributed by atoms with Crippen LogP contribution in [-0.4, -0.2) is 24.5 Å². The second-order valence-electron chi connectivity index (χ2n) is 6.49. The SMILES string of the molecule is O=C(Nc1nnc(-c2ccccc2)s1)c1ccc(Cl)c(S(=O)(=O)Nc2ccc(F)cc2)c1. The quantitative estimate of drug-likeness (QED) is 0.395. The predicted octanol–water partition coefficient (Wildman–Crippen LogP) is 5.05. The van der Waals surface area contributed by atoms with Crippen molar-refractivity contribution in [2.45, 2.75) is 4.90 Å². The van der Waals surface area contributed by atoms with Crippen molar-refractivity contribution in [2.24, 2.45) is 0 Å². The Morgan fingerprint density at radius 2 is 1.69 bits per heavy atom. The summed E-state index contributed by atoms with van der Waals surface area (Å²) in [6.07, 6.45) is 0. The van der Waals surface area contributed by atoms with Gasteiger partial charge >= 0.3 is 0 Å². The summed E-state index contributed by atoms with van der Waals surface area (Å²) >= 11 is 7.26. The molecule has 1 heterocycles. The summed E-state index contributed by atoms with van der Waals surface area (Å²) in [6, 6.07) is 18.0. The first-order chi connectivity index (χ1) is 15.3. The van der Waals surface area contributed by atoms with E-state index in [1.165, 1.54) is 35.6 Å². The van der Waals surface area contributed by atoms with Crippen molar-refractivity contribution in [3.05, 3.63) is 89.2 Å². The molecule has 4 aromatic rings. The van der Waals surface area contributed by atoms with Crippen molar-refractivity contribution in [3.63, 3.8) is 0 Å². The number of carbonyl (C=O) groups excluding carboxylic acids is 1. The molecule has 1 aromatic heterocycles. The number of anilines is 2. The van der Waals surface area contributed by atoms with Crippen molar-refractivity contribution in [1.29, 1.82) is 0 Å². The Morgan fingerprint density at radius 3 is 2.41 bits per heavy atom. The summed E-state index contributed by atoms with van der Waals surface area (Å²) in [7, 11) is -4.13. The third kappa shape index (κ3) is 4.93. The molecule has 4 rings (SSSR count). The van der Waals surface area contributed by atoms with Gasteiger partial charge in [0, 0.05) is 16.8 Å². The average molecular weight is 489 g/mol. The van der Waals surface area contributed by atoms with Gasteiger partial charge in [0.2, 0.25) is 5.13 Å². The van der Waals surface area contributed by atoms with Crippen molar-refractivity contribution in [3.8, 4) is 10.6 Å². The van der Waals surface area contributed by atoms with Crippen molar-refractivity contribution < 1.29 is 17.6 Å². The van der Waals surface area contributed by atoms with Gasteiger partial charge in [-0.25, -0.2) is 12.8 Å². The molecule has 3 aromatic carbocycles. The second-order valence-corrected chi connectivity index (χ2v) is 9.53. The number of amides is 1. The molecule has 0 radical (unpaired) electrons. The fourth-order valence-electron chi connectivity index (χ4n) is 2.72. The van der Waals surface area contributed by atoms with E-state index in [9.17, 15) is 17.6 Å². The molecule has 1 amide bonds. The first kappa shape index (κ1) is 21.9. The van der Waals surface area contributed by atoms with E-state index in [-0.39, 0.29) is 26.3 Å². The smallest absolute Gasteiger partial charge is 0.263 e. The molecule has 7 nitrogen and oxygen atoms in total. The molecule has 0 spiro atoms. The molecule has 162 valence electrons. The first-order valence-corrected chi connectivity index (χ1v) is 11.8. The summed E-state index contributed by atoms with van der Waals surface area (Å²) in [5.74, 6) is -1.08. The number of aromatic nitrogens is 2. The van der Waals surface area contributed by atoms with E-state index in [0.29, 0.717) is 5.01 Å². The van der Waals surface area contributed by atoms with Gasteiger partial charge in [-0.15, -0.1) is 10.2 Å². The Labute approximate surface area is 192 Å². The zero-order chi connectivity index (χ0) is 22.7. The van der Waals surface area contributed by atoms with Crippen LogP contribution in [0.1, 0.15) is 10.4 Å². The van der Waals surface area contributed by atoms with E-state index in [4.69, 9.17) is 11.6 Å². The molecule has 0 saturated heterocycles. The maximum Gasteiger partial charge on any atom is 0.263 e. The predicted molar refractivity (Wildman–Crippen MR) is 122 cm³/mol. The van der Waals surface area contributed by atoms with Gasteiger partial charge in [0.1, 0.15) is 15.7 Å². The van der Waals surface area contributed by atoms with E-state index in [1.807, 2.05) is 30.3 Å². The molecular formula is C21H14ClFN4O3S2. The minimum Gasteiger partial charge on any atom is -0.296 e. The number of sulfonamides is 1. The number of nitrogens with zero attached hydrogens (tertiary/aromatic N) is 2. The standard InChI is InChI=1S/C21H14ClFN4O3S2/c22-17-11-6-14(12-18(17)32(29,30)27-16-9-7-15(23)8-10-16)19(28)24-21-26-25-20(31-21)13-4-2-1-3-5-13/h1-12,27H,(H,24,26,28). The van der Waals surface area contributed by atoms with E-state index in [2.05, 4.69) is 20.2 Å². The number of hydrogen-bond acceptors (Lipinski definition) is 6. The van der Waals surface area contributed by atoms with Crippen LogP contribution < -0.4 is 10.0 Å². The minimum absolute atomic E-state index is 0.0605. The Hall–Kier alpha value is -3.34. The summed E-state index contributed by atoms with van der Waals surface area (Å²) in [5.41, 5.74) is 1.07. The first-order valence-electron chi connectivity index (χ1n) is 9.10. The third-order valence-electron chi connectivity index (χ3n) is 4.25. The van der Waals surface area contributed by atoms with Crippen molar-refractivity contribution in [2.75, 3.05) is 10.0 Å². The van der Waals surface area contributed by atoms with Crippen LogP contribution in [0.25, 0.3) is 10.6 Å². The molecule has 0 bridgehead atoms. The molecule has 0 atom stereocenters. The lowest BCUT2D eigenvalue weighted by Gasteiger charge is -2.11. The van der Waals surface area contributed by atoms with Gasteiger partial charge < -0.3 is 0 Å². The molecule has 0 saturated carbocycles. The highest BCUT2D eigenvalue weighted by atomic mass is 35.5. The molecule has 0 unspecified atom stereocenters. The van der Waals surface area contributed by atoms with Gasteiger partial charge in [-0.05, 0) is 42.5 Å². The number of benzene rings is 3. The summed E-state index contributed by atoms with van der Waals surface area (Å²) in [6.45, 7) is 0. The maximum absolute atomic E-state index is 13.1. The van der Waals surface area contributed by atoms with Crippen molar-refractivity contribution >= 4 is 49.7 Å². The van der Waals surface area contributed by atoms with E-state index < -0.39 is 21.7 Å². The molecule has 0 aliphatic carbocycles. The lowest BCUT2D eigenvalue weighted by molar-refractivity contribution is 0.102. The van der Waals surface area contributed by atoms with Gasteiger partial charge in [-0.1, -0.05) is 53.3 Å². The highest BCUT2D eigenvalue weighted by molar-refractivity contribution is 7.92. The molecule has 11 heteroatoms. The molecule has 0 aliphatic heterocycles. The van der Waals surface area contributed by atoms with Gasteiger partial charge in [-0.3, -0.25) is 14.8 Å². The van der Waals surface area contributed by atoms with Gasteiger partial charge in [0.25, 0.3) is 15.9 Å².